The average molecular weight is 365 g/mol. The monoisotopic (exact) mass is 364 g/mol. The Morgan fingerprint density at radius 3 is 3.05 bits per heavy atom. The summed E-state index contributed by atoms with van der Waals surface area (Å²) in [4.78, 5) is 19.3. The van der Waals surface area contributed by atoms with Gasteiger partial charge in [0.25, 0.3) is 0 Å². The number of aromatic nitrogens is 2. The van der Waals surface area contributed by atoms with Crippen LogP contribution in [-0.2, 0) is 11.2 Å². The number of hydrogen-bond donors (Lipinski definition) is 3. The lowest BCUT2D eigenvalue weighted by Gasteiger charge is -2.10. The predicted molar refractivity (Wildman–Crippen MR) is 88.4 cm³/mol. The summed E-state index contributed by atoms with van der Waals surface area (Å²) in [5.74, 6) is -0.234. The summed E-state index contributed by atoms with van der Waals surface area (Å²) in [5, 5.41) is 4.36. The Balaban J connectivity index is 1.70. The maximum absolute atomic E-state index is 12.1. The van der Waals surface area contributed by atoms with Gasteiger partial charge in [0, 0.05) is 17.1 Å². The number of nitrogens with two attached hydrogens (primary N) is 1. The zero-order valence-electron chi connectivity index (χ0n) is 11.0. The number of halogens is 1. The van der Waals surface area contributed by atoms with Crippen molar-refractivity contribution in [2.24, 2.45) is 5.73 Å². The van der Waals surface area contributed by atoms with E-state index in [4.69, 9.17) is 5.73 Å². The summed E-state index contributed by atoms with van der Waals surface area (Å²) in [7, 11) is 0. The van der Waals surface area contributed by atoms with Crippen LogP contribution in [-0.4, -0.2) is 21.9 Å². The SMILES string of the molecule is N[C@@H](Cc1c[nH]c2ccccc12)C(=O)Nc1ncc(Br)s1. The standard InChI is InChI=1S/C14H13BrN4OS/c15-12-7-18-14(21-12)19-13(20)10(16)5-8-6-17-11-4-2-1-3-9(8)11/h1-4,6-7,10,17H,5,16H2,(H,18,19,20)/t10-/m0/s1. The van der Waals surface area contributed by atoms with E-state index in [-0.39, 0.29) is 5.91 Å². The summed E-state index contributed by atoms with van der Waals surface area (Å²) >= 11 is 4.66. The third-order valence-electron chi connectivity index (χ3n) is 3.16. The topological polar surface area (TPSA) is 83.8 Å². The van der Waals surface area contributed by atoms with Gasteiger partial charge in [0.15, 0.2) is 5.13 Å². The lowest BCUT2D eigenvalue weighted by Crippen LogP contribution is -2.37. The lowest BCUT2D eigenvalue weighted by atomic mass is 10.1. The predicted octanol–water partition coefficient (Wildman–Crippen LogP) is 2.90. The van der Waals surface area contributed by atoms with Gasteiger partial charge in [-0.2, -0.15) is 0 Å². The fourth-order valence-corrected chi connectivity index (χ4v) is 3.25. The number of thiazole rings is 1. The molecule has 0 unspecified atom stereocenters. The van der Waals surface area contributed by atoms with Gasteiger partial charge < -0.3 is 16.0 Å². The van der Waals surface area contributed by atoms with Crippen molar-refractivity contribution in [1.82, 2.24) is 9.97 Å². The summed E-state index contributed by atoms with van der Waals surface area (Å²) in [6.45, 7) is 0. The number of nitrogens with one attached hydrogen (secondary N) is 2. The summed E-state index contributed by atoms with van der Waals surface area (Å²) in [6, 6.07) is 7.33. The molecule has 1 amide bonds. The van der Waals surface area contributed by atoms with Crippen LogP contribution in [0.4, 0.5) is 5.13 Å². The molecular formula is C14H13BrN4OS. The van der Waals surface area contributed by atoms with E-state index in [1.165, 1.54) is 11.3 Å². The molecule has 0 fully saturated rings. The Morgan fingerprint density at radius 1 is 1.48 bits per heavy atom. The molecule has 3 rings (SSSR count). The second kappa shape index (κ2) is 5.97. The highest BCUT2D eigenvalue weighted by atomic mass is 79.9. The minimum absolute atomic E-state index is 0.234. The molecule has 108 valence electrons. The number of carbonyl (C=O) groups excluding carboxylic acids is 1. The van der Waals surface area contributed by atoms with E-state index in [1.807, 2.05) is 30.5 Å². The normalized spacial score (nSPS) is 12.5. The van der Waals surface area contributed by atoms with Gasteiger partial charge in [-0.15, -0.1) is 0 Å². The van der Waals surface area contributed by atoms with E-state index in [0.29, 0.717) is 11.6 Å². The summed E-state index contributed by atoms with van der Waals surface area (Å²) < 4.78 is 0.864. The smallest absolute Gasteiger partial charge is 0.243 e. The Kier molecular flexibility index (Phi) is 4.05. The number of nitrogens with zero attached hydrogens (tertiary/aromatic N) is 1. The van der Waals surface area contributed by atoms with Crippen LogP contribution in [0.1, 0.15) is 5.56 Å². The van der Waals surface area contributed by atoms with E-state index in [2.05, 4.69) is 31.2 Å². The number of hydrogen-bond acceptors (Lipinski definition) is 4. The molecule has 21 heavy (non-hydrogen) atoms. The Hall–Kier alpha value is -1.70. The molecule has 0 saturated carbocycles. The van der Waals surface area contributed by atoms with Gasteiger partial charge in [-0.1, -0.05) is 29.5 Å². The maximum atomic E-state index is 12.1. The molecule has 0 bridgehead atoms. The number of aromatic amines is 1. The number of fused-ring (bicyclic) bond motifs is 1. The molecule has 0 radical (unpaired) electrons. The highest BCUT2D eigenvalue weighted by Crippen LogP contribution is 2.23. The Bertz CT molecular complexity index is 782. The van der Waals surface area contributed by atoms with Crippen molar-refractivity contribution in [2.45, 2.75) is 12.5 Å². The van der Waals surface area contributed by atoms with Gasteiger partial charge >= 0.3 is 0 Å². The number of H-pyrrole nitrogens is 1. The summed E-state index contributed by atoms with van der Waals surface area (Å²) in [5.41, 5.74) is 8.07. The molecule has 0 spiro atoms. The second-order valence-corrected chi connectivity index (χ2v) is 7.04. The number of carbonyl (C=O) groups is 1. The van der Waals surface area contributed by atoms with Crippen LogP contribution in [0.2, 0.25) is 0 Å². The third kappa shape index (κ3) is 3.15. The lowest BCUT2D eigenvalue weighted by molar-refractivity contribution is -0.117. The molecule has 0 aliphatic carbocycles. The molecule has 7 heteroatoms. The van der Waals surface area contributed by atoms with Gasteiger partial charge in [-0.05, 0) is 34.0 Å². The first-order chi connectivity index (χ1) is 10.1. The Morgan fingerprint density at radius 2 is 2.29 bits per heavy atom. The quantitative estimate of drug-likeness (QED) is 0.665. The molecule has 4 N–H and O–H groups in total. The maximum Gasteiger partial charge on any atom is 0.243 e. The molecule has 0 aliphatic heterocycles. The number of para-hydroxylation sites is 1. The van der Waals surface area contributed by atoms with Gasteiger partial charge in [0.1, 0.15) is 0 Å². The van der Waals surface area contributed by atoms with E-state index in [0.717, 1.165) is 20.3 Å². The fourth-order valence-electron chi connectivity index (χ4n) is 2.14. The number of anilines is 1. The highest BCUT2D eigenvalue weighted by Gasteiger charge is 2.17. The zero-order valence-corrected chi connectivity index (χ0v) is 13.4. The van der Waals surface area contributed by atoms with Gasteiger partial charge in [0.05, 0.1) is 16.0 Å². The van der Waals surface area contributed by atoms with Gasteiger partial charge in [-0.25, -0.2) is 4.98 Å². The first-order valence-corrected chi connectivity index (χ1v) is 7.97. The molecule has 0 saturated heterocycles. The van der Waals surface area contributed by atoms with Crippen molar-refractivity contribution in [3.63, 3.8) is 0 Å². The first-order valence-electron chi connectivity index (χ1n) is 6.36. The molecule has 5 nitrogen and oxygen atoms in total. The van der Waals surface area contributed by atoms with Crippen molar-refractivity contribution in [3.05, 3.63) is 46.0 Å². The number of rotatable bonds is 4. The minimum Gasteiger partial charge on any atom is -0.361 e. The molecule has 1 atom stereocenters. The largest absolute Gasteiger partial charge is 0.361 e. The molecular weight excluding hydrogens is 352 g/mol. The first kappa shape index (κ1) is 14.2. The molecule has 2 aromatic heterocycles. The summed E-state index contributed by atoms with van der Waals surface area (Å²) in [6.07, 6.45) is 4.02. The van der Waals surface area contributed by atoms with E-state index < -0.39 is 6.04 Å². The van der Waals surface area contributed by atoms with Crippen LogP contribution in [0.25, 0.3) is 10.9 Å². The Labute approximate surface area is 133 Å². The van der Waals surface area contributed by atoms with Crippen molar-refractivity contribution in [3.8, 4) is 0 Å². The number of benzene rings is 1. The van der Waals surface area contributed by atoms with Crippen LogP contribution < -0.4 is 11.1 Å². The number of amides is 1. The van der Waals surface area contributed by atoms with Crippen molar-refractivity contribution < 1.29 is 4.79 Å². The second-order valence-electron chi connectivity index (χ2n) is 4.63. The average Bonchev–Trinajstić information content (AvgIpc) is 3.06. The van der Waals surface area contributed by atoms with Crippen molar-refractivity contribution >= 4 is 49.2 Å². The molecule has 0 aliphatic rings. The van der Waals surface area contributed by atoms with Crippen LogP contribution in [0.5, 0.6) is 0 Å². The van der Waals surface area contributed by atoms with Crippen molar-refractivity contribution in [2.75, 3.05) is 5.32 Å². The fraction of sp³-hybridized carbons (Fsp3) is 0.143. The van der Waals surface area contributed by atoms with Gasteiger partial charge in [0.2, 0.25) is 5.91 Å². The van der Waals surface area contributed by atoms with Crippen LogP contribution in [0, 0.1) is 0 Å². The van der Waals surface area contributed by atoms with E-state index in [1.54, 1.807) is 6.20 Å². The highest BCUT2D eigenvalue weighted by molar-refractivity contribution is 9.11. The van der Waals surface area contributed by atoms with Crippen molar-refractivity contribution in [1.29, 1.82) is 0 Å². The molecule has 2 heterocycles. The van der Waals surface area contributed by atoms with E-state index in [9.17, 15) is 4.79 Å². The third-order valence-corrected chi connectivity index (χ3v) is 4.55. The molecule has 3 aromatic rings. The van der Waals surface area contributed by atoms with Crippen LogP contribution >= 0.6 is 27.3 Å². The van der Waals surface area contributed by atoms with Crippen LogP contribution in [0.15, 0.2) is 40.4 Å². The van der Waals surface area contributed by atoms with Gasteiger partial charge in [-0.3, -0.25) is 4.79 Å². The van der Waals surface area contributed by atoms with E-state index >= 15 is 0 Å². The minimum atomic E-state index is -0.619. The zero-order chi connectivity index (χ0) is 14.8. The molecule has 1 aromatic carbocycles. The van der Waals surface area contributed by atoms with Crippen LogP contribution in [0.3, 0.4) is 0 Å².